The molecule has 4 nitrogen and oxygen atoms in total. The number of benzene rings is 2. The molecule has 0 aliphatic rings. The second kappa shape index (κ2) is 8.88. The van der Waals surface area contributed by atoms with Gasteiger partial charge in [0.1, 0.15) is 0 Å². The summed E-state index contributed by atoms with van der Waals surface area (Å²) in [6.45, 7) is -0.551. The van der Waals surface area contributed by atoms with Gasteiger partial charge in [-0.2, -0.15) is 0 Å². The van der Waals surface area contributed by atoms with Gasteiger partial charge in [-0.3, -0.25) is 4.79 Å². The van der Waals surface area contributed by atoms with E-state index in [1.54, 1.807) is 41.5 Å². The van der Waals surface area contributed by atoms with Crippen LogP contribution in [0.15, 0.2) is 58.3 Å². The SMILES string of the molecule is O=C(COC(=O)c1ccc(SCc2cscn2)cc1)c1ccc(F)c(F)c1. The Morgan fingerprint density at radius 1 is 1.04 bits per heavy atom. The lowest BCUT2D eigenvalue weighted by atomic mass is 10.1. The zero-order valence-electron chi connectivity index (χ0n) is 13.9. The van der Waals surface area contributed by atoms with Gasteiger partial charge in [0.25, 0.3) is 0 Å². The molecule has 1 heterocycles. The van der Waals surface area contributed by atoms with Crippen molar-refractivity contribution in [2.75, 3.05) is 6.61 Å². The van der Waals surface area contributed by atoms with Gasteiger partial charge < -0.3 is 4.74 Å². The van der Waals surface area contributed by atoms with Crippen molar-refractivity contribution >= 4 is 34.9 Å². The number of ether oxygens (including phenoxy) is 1. The summed E-state index contributed by atoms with van der Waals surface area (Å²) in [5.74, 6) is -2.72. The number of carbonyl (C=O) groups is 2. The highest BCUT2D eigenvalue weighted by Crippen LogP contribution is 2.23. The first kappa shape index (κ1) is 19.2. The molecule has 2 aromatic carbocycles. The molecule has 0 unspecified atom stereocenters. The molecule has 0 spiro atoms. The number of hydrogen-bond donors (Lipinski definition) is 0. The molecule has 3 aromatic rings. The van der Waals surface area contributed by atoms with E-state index in [0.29, 0.717) is 5.56 Å². The number of Topliss-reactive ketones (excluding diaryl/α,β-unsaturated/α-hetero) is 1. The van der Waals surface area contributed by atoms with Gasteiger partial charge >= 0.3 is 5.97 Å². The number of hydrogen-bond acceptors (Lipinski definition) is 6. The summed E-state index contributed by atoms with van der Waals surface area (Å²) in [5.41, 5.74) is 3.00. The Balaban J connectivity index is 1.52. The lowest BCUT2D eigenvalue weighted by Gasteiger charge is -2.06. The molecule has 0 N–H and O–H groups in total. The van der Waals surface area contributed by atoms with Crippen molar-refractivity contribution in [1.82, 2.24) is 4.98 Å². The monoisotopic (exact) mass is 405 g/mol. The number of thiazole rings is 1. The maximum Gasteiger partial charge on any atom is 0.338 e. The summed E-state index contributed by atoms with van der Waals surface area (Å²) in [7, 11) is 0. The average molecular weight is 405 g/mol. The van der Waals surface area contributed by atoms with Crippen molar-refractivity contribution in [3.8, 4) is 0 Å². The Kier molecular flexibility index (Phi) is 6.31. The summed E-state index contributed by atoms with van der Waals surface area (Å²) < 4.78 is 31.0. The predicted molar refractivity (Wildman–Crippen MR) is 99.1 cm³/mol. The fraction of sp³-hybridized carbons (Fsp3) is 0.105. The number of rotatable bonds is 7. The highest BCUT2D eigenvalue weighted by atomic mass is 32.2. The van der Waals surface area contributed by atoms with Crippen LogP contribution < -0.4 is 0 Å². The molecule has 0 amide bonds. The van der Waals surface area contributed by atoms with Gasteiger partial charge in [0.05, 0.1) is 16.8 Å². The van der Waals surface area contributed by atoms with E-state index in [4.69, 9.17) is 4.74 Å². The number of thioether (sulfide) groups is 1. The minimum atomic E-state index is -1.13. The van der Waals surface area contributed by atoms with Crippen molar-refractivity contribution in [3.63, 3.8) is 0 Å². The van der Waals surface area contributed by atoms with Crippen molar-refractivity contribution in [3.05, 3.63) is 81.8 Å². The summed E-state index contributed by atoms with van der Waals surface area (Å²) in [6, 6.07) is 9.55. The van der Waals surface area contributed by atoms with Crippen LogP contribution in [0.25, 0.3) is 0 Å². The number of aromatic nitrogens is 1. The lowest BCUT2D eigenvalue weighted by Crippen LogP contribution is -2.14. The van der Waals surface area contributed by atoms with E-state index in [1.807, 2.05) is 5.38 Å². The van der Waals surface area contributed by atoms with Crippen LogP contribution in [0, 0.1) is 11.6 Å². The third kappa shape index (κ3) is 5.21. The minimum Gasteiger partial charge on any atom is -0.454 e. The van der Waals surface area contributed by atoms with Crippen LogP contribution in [-0.4, -0.2) is 23.3 Å². The van der Waals surface area contributed by atoms with Gasteiger partial charge in [-0.05, 0) is 42.5 Å². The highest BCUT2D eigenvalue weighted by molar-refractivity contribution is 7.98. The number of ketones is 1. The van der Waals surface area contributed by atoms with Crippen molar-refractivity contribution < 1.29 is 23.1 Å². The van der Waals surface area contributed by atoms with Crippen LogP contribution in [0.2, 0.25) is 0 Å². The summed E-state index contributed by atoms with van der Waals surface area (Å²) in [6.07, 6.45) is 0. The topological polar surface area (TPSA) is 56.3 Å². The van der Waals surface area contributed by atoms with Crippen molar-refractivity contribution in [1.29, 1.82) is 0 Å². The predicted octanol–water partition coefficient (Wildman–Crippen LogP) is 4.75. The fourth-order valence-electron chi connectivity index (χ4n) is 2.12. The third-order valence-corrected chi connectivity index (χ3v) is 5.22. The molecular weight excluding hydrogens is 392 g/mol. The Morgan fingerprint density at radius 2 is 1.78 bits per heavy atom. The first-order valence-electron chi connectivity index (χ1n) is 7.78. The molecule has 0 bridgehead atoms. The Labute approximate surface area is 162 Å². The molecule has 138 valence electrons. The van der Waals surface area contributed by atoms with Crippen LogP contribution in [0.4, 0.5) is 8.78 Å². The first-order chi connectivity index (χ1) is 13.0. The largest absolute Gasteiger partial charge is 0.454 e. The van der Waals surface area contributed by atoms with Gasteiger partial charge in [0.15, 0.2) is 24.0 Å². The van der Waals surface area contributed by atoms with Crippen LogP contribution in [0.5, 0.6) is 0 Å². The maximum atomic E-state index is 13.2. The standard InChI is InChI=1S/C19H13F2NO3S2/c20-16-6-3-13(7-17(16)21)18(23)8-25-19(24)12-1-4-15(5-2-12)27-10-14-9-26-11-22-14/h1-7,9,11H,8,10H2. The maximum absolute atomic E-state index is 13.2. The molecule has 3 rings (SSSR count). The molecule has 0 aliphatic carbocycles. The van der Waals surface area contributed by atoms with E-state index in [0.717, 1.165) is 34.5 Å². The van der Waals surface area contributed by atoms with Crippen LogP contribution in [-0.2, 0) is 10.5 Å². The summed E-state index contributed by atoms with van der Waals surface area (Å²) in [5, 5.41) is 1.97. The molecule has 0 saturated carbocycles. The normalized spacial score (nSPS) is 10.6. The van der Waals surface area contributed by atoms with Crippen molar-refractivity contribution in [2.24, 2.45) is 0 Å². The van der Waals surface area contributed by atoms with Gasteiger partial charge in [0, 0.05) is 21.6 Å². The van der Waals surface area contributed by atoms with E-state index >= 15 is 0 Å². The molecule has 0 aliphatic heterocycles. The Morgan fingerprint density at radius 3 is 2.44 bits per heavy atom. The first-order valence-corrected chi connectivity index (χ1v) is 9.71. The third-order valence-electron chi connectivity index (χ3n) is 3.54. The smallest absolute Gasteiger partial charge is 0.338 e. The summed E-state index contributed by atoms with van der Waals surface area (Å²) >= 11 is 3.12. The van der Waals surface area contributed by atoms with Crippen LogP contribution in [0.1, 0.15) is 26.4 Å². The van der Waals surface area contributed by atoms with E-state index < -0.39 is 30.0 Å². The zero-order chi connectivity index (χ0) is 19.2. The number of esters is 1. The van der Waals surface area contributed by atoms with Crippen LogP contribution in [0.3, 0.4) is 0 Å². The highest BCUT2D eigenvalue weighted by Gasteiger charge is 2.14. The molecule has 0 radical (unpaired) electrons. The van der Waals surface area contributed by atoms with Gasteiger partial charge in [-0.15, -0.1) is 23.1 Å². The Bertz CT molecular complexity index is 944. The quantitative estimate of drug-likeness (QED) is 0.322. The second-order valence-corrected chi connectivity index (χ2v) is 7.19. The van der Waals surface area contributed by atoms with Crippen LogP contribution >= 0.6 is 23.1 Å². The fourth-order valence-corrected chi connectivity index (χ4v) is 3.59. The van der Waals surface area contributed by atoms with Gasteiger partial charge in [-0.25, -0.2) is 18.6 Å². The zero-order valence-corrected chi connectivity index (χ0v) is 15.5. The van der Waals surface area contributed by atoms with Gasteiger partial charge in [-0.1, -0.05) is 0 Å². The van der Waals surface area contributed by atoms with E-state index in [1.165, 1.54) is 11.3 Å². The molecular formula is C19H13F2NO3S2. The van der Waals surface area contributed by atoms with E-state index in [2.05, 4.69) is 4.98 Å². The van der Waals surface area contributed by atoms with Crippen molar-refractivity contribution in [2.45, 2.75) is 10.6 Å². The number of nitrogens with zero attached hydrogens (tertiary/aromatic N) is 1. The molecule has 1 aromatic heterocycles. The average Bonchev–Trinajstić information content (AvgIpc) is 3.20. The van der Waals surface area contributed by atoms with E-state index in [-0.39, 0.29) is 5.56 Å². The second-order valence-electron chi connectivity index (χ2n) is 5.42. The molecule has 0 saturated heterocycles. The summed E-state index contributed by atoms with van der Waals surface area (Å²) in [4.78, 5) is 29.1. The molecule has 0 fully saturated rings. The number of halogens is 2. The minimum absolute atomic E-state index is 0.0597. The van der Waals surface area contributed by atoms with E-state index in [9.17, 15) is 18.4 Å². The number of carbonyl (C=O) groups excluding carboxylic acids is 2. The lowest BCUT2D eigenvalue weighted by molar-refractivity contribution is 0.0474. The Hall–Kier alpha value is -2.58. The molecule has 8 heteroatoms. The molecule has 0 atom stereocenters. The van der Waals surface area contributed by atoms with Gasteiger partial charge in [0.2, 0.25) is 0 Å². The molecule has 27 heavy (non-hydrogen) atoms.